The van der Waals surface area contributed by atoms with Crippen molar-refractivity contribution in [3.63, 3.8) is 0 Å². The Balaban J connectivity index is 1.54. The highest BCUT2D eigenvalue weighted by Crippen LogP contribution is 2.34. The number of halogens is 2. The van der Waals surface area contributed by atoms with Crippen LogP contribution in [0, 0.1) is 11.7 Å². The fourth-order valence-corrected chi connectivity index (χ4v) is 3.99. The van der Waals surface area contributed by atoms with E-state index in [0.29, 0.717) is 29.5 Å². The van der Waals surface area contributed by atoms with Crippen LogP contribution in [-0.4, -0.2) is 31.1 Å². The third-order valence-electron chi connectivity index (χ3n) is 5.41. The van der Waals surface area contributed by atoms with E-state index in [1.54, 1.807) is 12.1 Å². The van der Waals surface area contributed by atoms with Crippen molar-refractivity contribution < 1.29 is 27.9 Å². The van der Waals surface area contributed by atoms with E-state index in [1.807, 2.05) is 0 Å². The maximum absolute atomic E-state index is 13.4. The van der Waals surface area contributed by atoms with Gasteiger partial charge in [0.1, 0.15) is 17.1 Å². The molecule has 2 aromatic carbocycles. The Hall–Kier alpha value is -3.23. The lowest BCUT2D eigenvalue weighted by molar-refractivity contribution is -0.167. The topological polar surface area (TPSA) is 94.8 Å². The minimum Gasteiger partial charge on any atom is -0.479 e. The van der Waals surface area contributed by atoms with Crippen molar-refractivity contribution in [3.8, 4) is 16.9 Å². The molecule has 7 nitrogen and oxygen atoms in total. The SMILES string of the molecule is C[C@@H](Oc1ccc2c(-c3ccc(F)cc3Cl)cc(=O)oc2c1)C(=O)OC(=O)C1CCCNC1. The van der Waals surface area contributed by atoms with Gasteiger partial charge < -0.3 is 19.2 Å². The highest BCUT2D eigenvalue weighted by atomic mass is 35.5. The van der Waals surface area contributed by atoms with Gasteiger partial charge in [-0.05, 0) is 56.6 Å². The number of esters is 2. The molecule has 0 saturated carbocycles. The number of benzene rings is 2. The molecule has 1 N–H and O–H groups in total. The molecule has 1 aliphatic rings. The first-order chi connectivity index (χ1) is 15.8. The zero-order chi connectivity index (χ0) is 23.5. The molecule has 1 fully saturated rings. The average Bonchev–Trinajstić information content (AvgIpc) is 2.79. The predicted octanol–water partition coefficient (Wildman–Crippen LogP) is 4.09. The summed E-state index contributed by atoms with van der Waals surface area (Å²) in [5, 5.41) is 3.79. The molecule has 1 aliphatic heterocycles. The second-order valence-corrected chi connectivity index (χ2v) is 8.21. The van der Waals surface area contributed by atoms with Gasteiger partial charge in [0, 0.05) is 35.2 Å². The van der Waals surface area contributed by atoms with Crippen LogP contribution in [0.15, 0.2) is 51.7 Å². The molecule has 0 bridgehead atoms. The molecule has 1 unspecified atom stereocenters. The Morgan fingerprint density at radius 1 is 1.18 bits per heavy atom. The van der Waals surface area contributed by atoms with Crippen LogP contribution in [0.25, 0.3) is 22.1 Å². The largest absolute Gasteiger partial charge is 0.479 e. The van der Waals surface area contributed by atoms with E-state index in [1.165, 1.54) is 31.2 Å². The summed E-state index contributed by atoms with van der Waals surface area (Å²) in [6, 6.07) is 9.83. The Morgan fingerprint density at radius 2 is 2.00 bits per heavy atom. The molecular formula is C24H21ClFNO6. The molecule has 0 aliphatic carbocycles. The second-order valence-electron chi connectivity index (χ2n) is 7.80. The summed E-state index contributed by atoms with van der Waals surface area (Å²) in [4.78, 5) is 36.6. The van der Waals surface area contributed by atoms with E-state index in [4.69, 9.17) is 25.5 Å². The molecule has 172 valence electrons. The van der Waals surface area contributed by atoms with Crippen molar-refractivity contribution in [2.45, 2.75) is 25.9 Å². The zero-order valence-corrected chi connectivity index (χ0v) is 18.5. The lowest BCUT2D eigenvalue weighted by atomic mass is 10.0. The highest BCUT2D eigenvalue weighted by Gasteiger charge is 2.27. The molecule has 1 aromatic heterocycles. The Labute approximate surface area is 193 Å². The molecule has 4 rings (SSSR count). The Bertz CT molecular complexity index is 1270. The van der Waals surface area contributed by atoms with Gasteiger partial charge in [-0.2, -0.15) is 0 Å². The second kappa shape index (κ2) is 9.72. The molecule has 3 aromatic rings. The lowest BCUT2D eigenvalue weighted by Crippen LogP contribution is -2.38. The average molecular weight is 474 g/mol. The highest BCUT2D eigenvalue weighted by molar-refractivity contribution is 6.33. The summed E-state index contributed by atoms with van der Waals surface area (Å²) in [6.45, 7) is 2.78. The maximum atomic E-state index is 13.4. The van der Waals surface area contributed by atoms with Crippen LogP contribution >= 0.6 is 11.6 Å². The third kappa shape index (κ3) is 5.23. The van der Waals surface area contributed by atoms with Crippen LogP contribution < -0.4 is 15.7 Å². The van der Waals surface area contributed by atoms with E-state index < -0.39 is 29.5 Å². The first-order valence-electron chi connectivity index (χ1n) is 10.5. The van der Waals surface area contributed by atoms with E-state index in [-0.39, 0.29) is 22.3 Å². The van der Waals surface area contributed by atoms with Gasteiger partial charge in [0.25, 0.3) is 0 Å². The van der Waals surface area contributed by atoms with Gasteiger partial charge in [-0.3, -0.25) is 4.79 Å². The molecule has 0 spiro atoms. The van der Waals surface area contributed by atoms with Crippen LogP contribution in [0.2, 0.25) is 5.02 Å². The van der Waals surface area contributed by atoms with Crippen LogP contribution in [0.4, 0.5) is 4.39 Å². The van der Waals surface area contributed by atoms with Crippen molar-refractivity contribution in [3.05, 3.63) is 63.7 Å². The van der Waals surface area contributed by atoms with Gasteiger partial charge in [-0.25, -0.2) is 14.0 Å². The van der Waals surface area contributed by atoms with Crippen LogP contribution in [0.3, 0.4) is 0 Å². The number of carbonyl (C=O) groups excluding carboxylic acids is 2. The first-order valence-corrected chi connectivity index (χ1v) is 10.9. The molecule has 0 amide bonds. The number of rotatable bonds is 5. The molecule has 0 radical (unpaired) electrons. The summed E-state index contributed by atoms with van der Waals surface area (Å²) in [7, 11) is 0. The summed E-state index contributed by atoms with van der Waals surface area (Å²) in [5.74, 6) is -2.00. The Morgan fingerprint density at radius 3 is 2.73 bits per heavy atom. The standard InChI is InChI=1S/C24H21ClFNO6/c1-13(23(29)33-24(30)14-3-2-8-27-12-14)31-16-5-7-18-19(11-22(28)32-21(18)10-16)17-6-4-15(26)9-20(17)25/h4-7,9-11,13-14,27H,2-3,8,12H2,1H3/t13-,14?/m1/s1. The van der Waals surface area contributed by atoms with Gasteiger partial charge in [0.05, 0.1) is 10.9 Å². The monoisotopic (exact) mass is 473 g/mol. The van der Waals surface area contributed by atoms with Crippen molar-refractivity contribution in [2.75, 3.05) is 13.1 Å². The molecule has 9 heteroatoms. The van der Waals surface area contributed by atoms with Crippen molar-refractivity contribution in [2.24, 2.45) is 5.92 Å². The summed E-state index contributed by atoms with van der Waals surface area (Å²) in [6.07, 6.45) is 0.440. The Kier molecular flexibility index (Phi) is 6.76. The van der Waals surface area contributed by atoms with Gasteiger partial charge >= 0.3 is 17.6 Å². The summed E-state index contributed by atoms with van der Waals surface area (Å²) >= 11 is 6.17. The van der Waals surface area contributed by atoms with Crippen molar-refractivity contribution in [1.82, 2.24) is 5.32 Å². The molecule has 2 atom stereocenters. The number of nitrogens with one attached hydrogen (secondary N) is 1. The van der Waals surface area contributed by atoms with Crippen molar-refractivity contribution >= 4 is 34.5 Å². The van der Waals surface area contributed by atoms with E-state index >= 15 is 0 Å². The van der Waals surface area contributed by atoms with Crippen LogP contribution in [-0.2, 0) is 14.3 Å². The molecular weight excluding hydrogens is 453 g/mol. The normalized spacial score (nSPS) is 16.9. The minimum absolute atomic E-state index is 0.149. The maximum Gasteiger partial charge on any atom is 0.354 e. The van der Waals surface area contributed by atoms with Gasteiger partial charge in [-0.1, -0.05) is 11.6 Å². The number of piperidine rings is 1. The number of ether oxygens (including phenoxy) is 2. The molecule has 2 heterocycles. The van der Waals surface area contributed by atoms with Gasteiger partial charge in [0.2, 0.25) is 0 Å². The summed E-state index contributed by atoms with van der Waals surface area (Å²) in [5.41, 5.74) is 0.503. The first kappa shape index (κ1) is 22.9. The van der Waals surface area contributed by atoms with Crippen LogP contribution in [0.5, 0.6) is 5.75 Å². The number of carbonyl (C=O) groups is 2. The minimum atomic E-state index is -1.07. The number of hydrogen-bond acceptors (Lipinski definition) is 7. The van der Waals surface area contributed by atoms with E-state index in [0.717, 1.165) is 19.0 Å². The van der Waals surface area contributed by atoms with Crippen LogP contribution in [0.1, 0.15) is 19.8 Å². The van der Waals surface area contributed by atoms with E-state index in [9.17, 15) is 18.8 Å². The number of fused-ring (bicyclic) bond motifs is 1. The van der Waals surface area contributed by atoms with E-state index in [2.05, 4.69) is 5.32 Å². The van der Waals surface area contributed by atoms with Gasteiger partial charge in [-0.15, -0.1) is 0 Å². The quantitative estimate of drug-likeness (QED) is 0.339. The third-order valence-corrected chi connectivity index (χ3v) is 5.73. The van der Waals surface area contributed by atoms with Crippen molar-refractivity contribution in [1.29, 1.82) is 0 Å². The molecule has 33 heavy (non-hydrogen) atoms. The predicted molar refractivity (Wildman–Crippen MR) is 120 cm³/mol. The number of hydrogen-bond donors (Lipinski definition) is 1. The molecule has 1 saturated heterocycles. The fraction of sp³-hybridized carbons (Fsp3) is 0.292. The van der Waals surface area contributed by atoms with Gasteiger partial charge in [0.15, 0.2) is 6.10 Å². The lowest BCUT2D eigenvalue weighted by Gasteiger charge is -2.21. The smallest absolute Gasteiger partial charge is 0.354 e. The summed E-state index contributed by atoms with van der Waals surface area (Å²) < 4.78 is 29.3. The zero-order valence-electron chi connectivity index (χ0n) is 17.7. The fourth-order valence-electron chi connectivity index (χ4n) is 3.72.